The summed E-state index contributed by atoms with van der Waals surface area (Å²) in [5.74, 6) is 0. The number of rotatable bonds is 0. The zero-order valence-electron chi connectivity index (χ0n) is 23.6. The van der Waals surface area contributed by atoms with Gasteiger partial charge in [0.2, 0.25) is 0 Å². The van der Waals surface area contributed by atoms with E-state index in [0.29, 0.717) is 0 Å². The minimum absolute atomic E-state index is 0.346. The molecule has 220 valence electrons. The normalized spacial score (nSPS) is 10.6. The second kappa shape index (κ2) is 14.9. The van der Waals surface area contributed by atoms with Crippen LogP contribution in [-0.4, -0.2) is 29.9 Å². The third-order valence-corrected chi connectivity index (χ3v) is 7.03. The predicted octanol–water partition coefficient (Wildman–Crippen LogP) is 9.73. The fourth-order valence-corrected chi connectivity index (χ4v) is 5.04. The molecule has 0 N–H and O–H groups in total. The number of fused-ring (bicyclic) bond motifs is 9. The summed E-state index contributed by atoms with van der Waals surface area (Å²) in [6.45, 7) is 0. The van der Waals surface area contributed by atoms with Crippen molar-refractivity contribution in [1.82, 2.24) is 29.9 Å². The van der Waals surface area contributed by atoms with E-state index in [4.69, 9.17) is 19.4 Å². The van der Waals surface area contributed by atoms with Gasteiger partial charge in [0.05, 0.1) is 33.1 Å². The monoisotopic (exact) mass is 712 g/mol. The first kappa shape index (κ1) is 30.4. The molecule has 0 aliphatic heterocycles. The molecule has 9 heteroatoms. The van der Waals surface area contributed by atoms with Crippen LogP contribution in [0.5, 0.6) is 0 Å². The number of benzene rings is 3. The summed E-state index contributed by atoms with van der Waals surface area (Å²) in [4.78, 5) is 26.1. The van der Waals surface area contributed by atoms with Crippen molar-refractivity contribution in [1.29, 1.82) is 0 Å². The molecule has 0 fully saturated rings. The summed E-state index contributed by atoms with van der Waals surface area (Å²) < 4.78 is 0. The minimum atomic E-state index is -0.346. The van der Waals surface area contributed by atoms with Crippen molar-refractivity contribution in [3.63, 3.8) is 0 Å². The summed E-state index contributed by atoms with van der Waals surface area (Å²) in [5, 5.41) is 6.83. The van der Waals surface area contributed by atoms with Gasteiger partial charge in [0.15, 0.2) is 0 Å². The van der Waals surface area contributed by atoms with Gasteiger partial charge >= 0.3 is 34.5 Å². The summed E-state index contributed by atoms with van der Waals surface area (Å²) in [6.07, 6.45) is 10.8. The Hall–Kier alpha value is -4.68. The van der Waals surface area contributed by atoms with Gasteiger partial charge in [-0.15, -0.1) is 0 Å². The molecule has 0 spiro atoms. The van der Waals surface area contributed by atoms with Gasteiger partial charge < -0.3 is 0 Å². The molecule has 0 aliphatic rings. The van der Waals surface area contributed by atoms with Crippen molar-refractivity contribution in [2.75, 3.05) is 0 Å². The molecular weight excluding hydrogens is 688 g/mol. The number of aromatic nitrogens is 6. The standard InChI is InChI=1S/3C12H8N2.2ClH.Ru/c3*1-3-9-5-6-10-4-2-8-14-12(10)11(9)13-7-1;;;/h3*1-8H;2*1H;/q;;;;;+2/p-2. The zero-order valence-corrected chi connectivity index (χ0v) is 26.9. The molecule has 0 unspecified atom stereocenters. The molecule has 6 heterocycles. The number of hydrogen-bond acceptors (Lipinski definition) is 6. The van der Waals surface area contributed by atoms with Gasteiger partial charge in [0.25, 0.3) is 0 Å². The van der Waals surface area contributed by atoms with E-state index in [1.807, 2.05) is 36.4 Å². The van der Waals surface area contributed by atoms with E-state index in [0.717, 1.165) is 65.4 Å². The maximum Gasteiger partial charge on any atom is 0.0964 e. The van der Waals surface area contributed by atoms with Gasteiger partial charge in [0, 0.05) is 69.5 Å². The van der Waals surface area contributed by atoms with E-state index in [1.54, 1.807) is 37.2 Å². The van der Waals surface area contributed by atoms with Crippen molar-refractivity contribution in [2.24, 2.45) is 0 Å². The molecule has 0 amide bonds. The zero-order chi connectivity index (χ0) is 30.8. The van der Waals surface area contributed by atoms with Crippen molar-refractivity contribution in [2.45, 2.75) is 0 Å². The quantitative estimate of drug-likeness (QED) is 0.115. The van der Waals surface area contributed by atoms with Gasteiger partial charge in [0.1, 0.15) is 0 Å². The Labute approximate surface area is 274 Å². The second-order valence-electron chi connectivity index (χ2n) is 9.70. The Bertz CT molecular complexity index is 1940. The maximum atomic E-state index is 4.85. The molecular formula is C36H24Cl2N6Ru. The van der Waals surface area contributed by atoms with E-state index in [1.165, 1.54) is 0 Å². The minimum Gasteiger partial charge on any atom is -0.254 e. The molecule has 9 rings (SSSR count). The fourth-order valence-electron chi connectivity index (χ4n) is 5.04. The molecule has 0 bridgehead atoms. The van der Waals surface area contributed by atoms with Crippen LogP contribution >= 0.6 is 19.4 Å². The van der Waals surface area contributed by atoms with Gasteiger partial charge in [-0.1, -0.05) is 72.8 Å². The molecule has 0 radical (unpaired) electrons. The van der Waals surface area contributed by atoms with Gasteiger partial charge in [-0.3, -0.25) is 29.9 Å². The van der Waals surface area contributed by atoms with E-state index in [2.05, 4.69) is 103 Å². The Kier molecular flexibility index (Phi) is 10.0. The Morgan fingerprint density at radius 1 is 0.289 bits per heavy atom. The van der Waals surface area contributed by atoms with Crippen molar-refractivity contribution in [3.8, 4) is 0 Å². The Morgan fingerprint density at radius 2 is 0.444 bits per heavy atom. The van der Waals surface area contributed by atoms with E-state index < -0.39 is 0 Å². The summed E-state index contributed by atoms with van der Waals surface area (Å²) in [5.41, 5.74) is 5.86. The van der Waals surface area contributed by atoms with Crippen LogP contribution in [0.1, 0.15) is 0 Å². The molecule has 6 aromatic heterocycles. The fraction of sp³-hybridized carbons (Fsp3) is 0. The SMILES string of the molecule is [Cl][Ru][Cl].c1cnc2c(c1)ccc1cccnc12.c1cnc2c(c1)ccc1cccnc12.c1cnc2c(c1)ccc1cccnc12. The molecule has 0 atom stereocenters. The molecule has 45 heavy (non-hydrogen) atoms. The van der Waals surface area contributed by atoms with Crippen LogP contribution in [0.2, 0.25) is 0 Å². The Morgan fingerprint density at radius 3 is 0.600 bits per heavy atom. The molecule has 6 nitrogen and oxygen atoms in total. The van der Waals surface area contributed by atoms with E-state index >= 15 is 0 Å². The number of hydrogen-bond donors (Lipinski definition) is 0. The van der Waals surface area contributed by atoms with Crippen molar-refractivity contribution in [3.05, 3.63) is 146 Å². The maximum absolute atomic E-state index is 4.85. The van der Waals surface area contributed by atoms with Gasteiger partial charge in [-0.25, -0.2) is 0 Å². The average Bonchev–Trinajstić information content (AvgIpc) is 3.12. The first-order chi connectivity index (χ1) is 22.3. The number of nitrogens with zero attached hydrogens (tertiary/aromatic N) is 6. The van der Waals surface area contributed by atoms with Crippen LogP contribution in [0.3, 0.4) is 0 Å². The Balaban J connectivity index is 0.000000114. The smallest absolute Gasteiger partial charge is 0.0964 e. The van der Waals surface area contributed by atoms with Crippen LogP contribution in [-0.2, 0) is 15.1 Å². The molecule has 9 aromatic rings. The third-order valence-electron chi connectivity index (χ3n) is 7.03. The topological polar surface area (TPSA) is 77.3 Å². The largest absolute Gasteiger partial charge is 0.254 e. The molecule has 3 aromatic carbocycles. The van der Waals surface area contributed by atoms with Crippen molar-refractivity contribution >= 4 is 84.8 Å². The molecule has 0 aliphatic carbocycles. The second-order valence-corrected chi connectivity index (χ2v) is 12.3. The van der Waals surface area contributed by atoms with Crippen LogP contribution in [0.4, 0.5) is 0 Å². The summed E-state index contributed by atoms with van der Waals surface area (Å²) in [6, 6.07) is 36.4. The van der Waals surface area contributed by atoms with E-state index in [9.17, 15) is 0 Å². The summed E-state index contributed by atoms with van der Waals surface area (Å²) in [7, 11) is 9.71. The van der Waals surface area contributed by atoms with Crippen molar-refractivity contribution < 1.29 is 15.1 Å². The van der Waals surface area contributed by atoms with Gasteiger partial charge in [-0.2, -0.15) is 0 Å². The van der Waals surface area contributed by atoms with Crippen LogP contribution in [0.25, 0.3) is 65.4 Å². The summed E-state index contributed by atoms with van der Waals surface area (Å²) >= 11 is -0.346. The third kappa shape index (κ3) is 7.02. The van der Waals surface area contributed by atoms with Crippen LogP contribution in [0.15, 0.2) is 146 Å². The van der Waals surface area contributed by atoms with Crippen LogP contribution in [0, 0.1) is 0 Å². The molecule has 0 saturated heterocycles. The number of halogens is 2. The van der Waals surface area contributed by atoms with E-state index in [-0.39, 0.29) is 15.1 Å². The number of pyridine rings is 6. The van der Waals surface area contributed by atoms with Crippen LogP contribution < -0.4 is 0 Å². The average molecular weight is 713 g/mol. The van der Waals surface area contributed by atoms with Gasteiger partial charge in [-0.05, 0) is 36.4 Å². The predicted molar refractivity (Wildman–Crippen MR) is 183 cm³/mol. The molecule has 0 saturated carbocycles. The first-order valence-electron chi connectivity index (χ1n) is 13.9. The first-order valence-corrected chi connectivity index (χ1v) is 18.3.